The number of amides is 1. The first-order valence-corrected chi connectivity index (χ1v) is 8.30. The molecule has 1 amide bonds. The second kappa shape index (κ2) is 9.63. The van der Waals surface area contributed by atoms with Crippen LogP contribution in [0.1, 0.15) is 29.2 Å². The van der Waals surface area contributed by atoms with Gasteiger partial charge in [0, 0.05) is 11.1 Å². The van der Waals surface area contributed by atoms with Crippen LogP contribution in [0, 0.1) is 0 Å². The molecular formula is C20H17F3N2O4. The van der Waals surface area contributed by atoms with Crippen LogP contribution in [0.15, 0.2) is 58.7 Å². The number of halogens is 3. The molecule has 0 unspecified atom stereocenters. The Hall–Kier alpha value is -3.49. The van der Waals surface area contributed by atoms with Crippen molar-refractivity contribution in [1.29, 1.82) is 0 Å². The molecule has 0 fully saturated rings. The van der Waals surface area contributed by atoms with Crippen molar-refractivity contribution in [2.24, 2.45) is 10.1 Å². The first-order valence-electron chi connectivity index (χ1n) is 8.30. The molecule has 29 heavy (non-hydrogen) atoms. The Morgan fingerprint density at radius 1 is 1.14 bits per heavy atom. The molecule has 0 N–H and O–H groups in total. The minimum Gasteiger partial charge on any atom is -0.464 e. The van der Waals surface area contributed by atoms with Gasteiger partial charge in [0.25, 0.3) is 0 Å². The van der Waals surface area contributed by atoms with E-state index in [0.717, 1.165) is 19.2 Å². The normalized spacial score (nSPS) is 12.4. The van der Waals surface area contributed by atoms with Crippen molar-refractivity contribution >= 4 is 23.8 Å². The fraction of sp³-hybridized carbons (Fsp3) is 0.200. The molecule has 152 valence electrons. The van der Waals surface area contributed by atoms with Gasteiger partial charge in [0.05, 0.1) is 18.4 Å². The van der Waals surface area contributed by atoms with Gasteiger partial charge in [-0.1, -0.05) is 41.6 Å². The molecule has 0 aliphatic rings. The summed E-state index contributed by atoms with van der Waals surface area (Å²) in [6.45, 7) is 1.40. The van der Waals surface area contributed by atoms with E-state index < -0.39 is 17.7 Å². The number of hydrogen-bond donors (Lipinski definition) is 0. The number of methoxy groups -OCH3 is 1. The number of esters is 1. The van der Waals surface area contributed by atoms with Crippen molar-refractivity contribution in [3.05, 3.63) is 70.8 Å². The van der Waals surface area contributed by atoms with Crippen molar-refractivity contribution < 1.29 is 32.3 Å². The van der Waals surface area contributed by atoms with Gasteiger partial charge in [0.1, 0.15) is 6.61 Å². The first-order chi connectivity index (χ1) is 13.8. The zero-order valence-electron chi connectivity index (χ0n) is 15.6. The Bertz CT molecular complexity index is 953. The maximum absolute atomic E-state index is 12.8. The smallest absolute Gasteiger partial charge is 0.416 e. The van der Waals surface area contributed by atoms with Crippen LogP contribution in [0.4, 0.5) is 13.2 Å². The van der Waals surface area contributed by atoms with E-state index in [1.54, 1.807) is 24.3 Å². The van der Waals surface area contributed by atoms with Crippen molar-refractivity contribution in [2.75, 3.05) is 7.11 Å². The van der Waals surface area contributed by atoms with Gasteiger partial charge in [-0.05, 0) is 24.6 Å². The van der Waals surface area contributed by atoms with Crippen LogP contribution in [0.25, 0.3) is 0 Å². The molecule has 0 atom stereocenters. The predicted octanol–water partition coefficient (Wildman–Crippen LogP) is 3.76. The number of rotatable bonds is 7. The largest absolute Gasteiger partial charge is 0.464 e. The van der Waals surface area contributed by atoms with Gasteiger partial charge in [0.15, 0.2) is 5.71 Å². The van der Waals surface area contributed by atoms with Crippen molar-refractivity contribution in [1.82, 2.24) is 0 Å². The average Bonchev–Trinajstić information content (AvgIpc) is 2.71. The Balaban J connectivity index is 2.22. The molecule has 2 aromatic rings. The molecule has 2 rings (SSSR count). The highest BCUT2D eigenvalue weighted by molar-refractivity contribution is 6.44. The summed E-state index contributed by atoms with van der Waals surface area (Å²) in [6, 6.07) is 11.2. The van der Waals surface area contributed by atoms with Crippen LogP contribution in [0.3, 0.4) is 0 Å². The topological polar surface area (TPSA) is 77.3 Å². The predicted molar refractivity (Wildman–Crippen MR) is 99.5 cm³/mol. The molecule has 6 nitrogen and oxygen atoms in total. The number of carbonyl (C=O) groups excluding carboxylic acids is 2. The lowest BCUT2D eigenvalue weighted by molar-refractivity contribution is -0.137. The van der Waals surface area contributed by atoms with E-state index in [9.17, 15) is 22.8 Å². The first kappa shape index (κ1) is 21.8. The molecule has 0 saturated carbocycles. The monoisotopic (exact) mass is 406 g/mol. The minimum atomic E-state index is -4.46. The molecule has 0 bridgehead atoms. The Kier molecular flexibility index (Phi) is 7.24. The van der Waals surface area contributed by atoms with Gasteiger partial charge >= 0.3 is 12.1 Å². The highest BCUT2D eigenvalue weighted by Crippen LogP contribution is 2.29. The van der Waals surface area contributed by atoms with E-state index in [2.05, 4.69) is 14.9 Å². The molecular weight excluding hydrogens is 389 g/mol. The fourth-order valence-electron chi connectivity index (χ4n) is 2.43. The summed E-state index contributed by atoms with van der Waals surface area (Å²) in [5, 5.41) is 3.85. The number of aliphatic imine (C=N–C) groups is 1. The SMILES string of the molecule is COC(=O)/C(=N/C=O)c1ccccc1CO/N=C(\C)c1cccc(C(F)(F)F)c1. The molecule has 0 aliphatic heterocycles. The van der Waals surface area contributed by atoms with E-state index in [-0.39, 0.29) is 30.0 Å². The van der Waals surface area contributed by atoms with Crippen molar-refractivity contribution in [2.45, 2.75) is 19.7 Å². The van der Waals surface area contributed by atoms with Gasteiger partial charge in [-0.3, -0.25) is 4.79 Å². The zero-order valence-corrected chi connectivity index (χ0v) is 15.6. The lowest BCUT2D eigenvalue weighted by atomic mass is 10.0. The number of carbonyl (C=O) groups is 2. The lowest BCUT2D eigenvalue weighted by Crippen LogP contribution is -2.19. The molecule has 0 radical (unpaired) electrons. The van der Waals surface area contributed by atoms with E-state index in [1.165, 1.54) is 19.1 Å². The van der Waals surface area contributed by atoms with Crippen LogP contribution in [-0.4, -0.2) is 30.9 Å². The van der Waals surface area contributed by atoms with E-state index >= 15 is 0 Å². The molecule has 0 spiro atoms. The van der Waals surface area contributed by atoms with Crippen LogP contribution < -0.4 is 0 Å². The molecule has 0 aromatic heterocycles. The minimum absolute atomic E-state index is 0.110. The average molecular weight is 406 g/mol. The third kappa shape index (κ3) is 5.74. The Morgan fingerprint density at radius 3 is 2.52 bits per heavy atom. The maximum Gasteiger partial charge on any atom is 0.416 e. The summed E-state index contributed by atoms with van der Waals surface area (Å²) < 4.78 is 43.1. The van der Waals surface area contributed by atoms with E-state index in [1.807, 2.05) is 0 Å². The molecule has 0 saturated heterocycles. The highest BCUT2D eigenvalue weighted by atomic mass is 19.4. The summed E-state index contributed by atoms with van der Waals surface area (Å²) >= 11 is 0. The molecule has 9 heteroatoms. The van der Waals surface area contributed by atoms with E-state index in [4.69, 9.17) is 4.84 Å². The second-order valence-electron chi connectivity index (χ2n) is 5.76. The number of oxime groups is 1. The lowest BCUT2D eigenvalue weighted by Gasteiger charge is -2.10. The van der Waals surface area contributed by atoms with E-state index in [0.29, 0.717) is 11.1 Å². The van der Waals surface area contributed by atoms with Crippen LogP contribution in [-0.2, 0) is 31.9 Å². The Morgan fingerprint density at radius 2 is 1.86 bits per heavy atom. The third-order valence-electron chi connectivity index (χ3n) is 3.86. The van der Waals surface area contributed by atoms with Gasteiger partial charge < -0.3 is 9.57 Å². The maximum atomic E-state index is 12.8. The molecule has 0 heterocycles. The van der Waals surface area contributed by atoms with Crippen LogP contribution in [0.2, 0.25) is 0 Å². The number of ether oxygens (including phenoxy) is 1. The van der Waals surface area contributed by atoms with Gasteiger partial charge in [0.2, 0.25) is 6.41 Å². The second-order valence-corrected chi connectivity index (χ2v) is 5.76. The summed E-state index contributed by atoms with van der Waals surface area (Å²) in [6.07, 6.45) is -4.24. The number of benzene rings is 2. The van der Waals surface area contributed by atoms with Crippen LogP contribution >= 0.6 is 0 Å². The summed E-state index contributed by atoms with van der Waals surface area (Å²) in [5.74, 6) is -0.798. The quantitative estimate of drug-likeness (QED) is 0.304. The summed E-state index contributed by atoms with van der Waals surface area (Å²) in [5.41, 5.74) is 0.314. The van der Waals surface area contributed by atoms with Gasteiger partial charge in [-0.25, -0.2) is 9.79 Å². The van der Waals surface area contributed by atoms with Gasteiger partial charge in [-0.2, -0.15) is 13.2 Å². The standard InChI is InChI=1S/C20H17F3N2O4/c1-13(14-7-5-8-16(10-14)20(21,22)23)25-29-11-15-6-3-4-9-17(15)18(24-12-26)19(27)28-2/h3-10,12H,11H2,1-2H3/b24-18+,25-13+. The van der Waals surface area contributed by atoms with Crippen molar-refractivity contribution in [3.8, 4) is 0 Å². The Labute approximate surface area is 164 Å². The van der Waals surface area contributed by atoms with Crippen LogP contribution in [0.5, 0.6) is 0 Å². The summed E-state index contributed by atoms with van der Waals surface area (Å²) in [4.78, 5) is 31.4. The number of alkyl halides is 3. The molecule has 0 aliphatic carbocycles. The molecule has 2 aromatic carbocycles. The number of nitrogens with zero attached hydrogens (tertiary/aromatic N) is 2. The van der Waals surface area contributed by atoms with Gasteiger partial charge in [-0.15, -0.1) is 0 Å². The zero-order chi connectivity index (χ0) is 21.4. The van der Waals surface area contributed by atoms with Crippen molar-refractivity contribution in [3.63, 3.8) is 0 Å². The number of hydrogen-bond acceptors (Lipinski definition) is 5. The fourth-order valence-corrected chi connectivity index (χ4v) is 2.43. The highest BCUT2D eigenvalue weighted by Gasteiger charge is 2.30. The third-order valence-corrected chi connectivity index (χ3v) is 3.86. The summed E-state index contributed by atoms with van der Waals surface area (Å²) in [7, 11) is 1.16.